The summed E-state index contributed by atoms with van der Waals surface area (Å²) in [6, 6.07) is 5.58. The Bertz CT molecular complexity index is 716. The summed E-state index contributed by atoms with van der Waals surface area (Å²) in [7, 11) is 0. The van der Waals surface area contributed by atoms with E-state index in [0.29, 0.717) is 13.1 Å². The molecule has 0 unspecified atom stereocenters. The Morgan fingerprint density at radius 1 is 1.30 bits per heavy atom. The number of nitrogens with zero attached hydrogens (tertiary/aromatic N) is 2. The molecule has 0 aliphatic heterocycles. The van der Waals surface area contributed by atoms with Crippen LogP contribution in [-0.2, 0) is 16.1 Å². The summed E-state index contributed by atoms with van der Waals surface area (Å²) < 4.78 is 6.97. The first-order chi connectivity index (χ1) is 10.7. The van der Waals surface area contributed by atoms with Gasteiger partial charge in [0.1, 0.15) is 5.60 Å². The van der Waals surface area contributed by atoms with Crippen LogP contribution in [0.15, 0.2) is 24.4 Å². The van der Waals surface area contributed by atoms with Gasteiger partial charge in [-0.3, -0.25) is 9.48 Å². The number of hydrogen-bond acceptors (Lipinski definition) is 4. The van der Waals surface area contributed by atoms with E-state index >= 15 is 0 Å². The van der Waals surface area contributed by atoms with Crippen LogP contribution in [0.5, 0.6) is 0 Å². The maximum absolute atomic E-state index is 11.6. The Kier molecular flexibility index (Phi) is 4.88. The number of amides is 2. The Morgan fingerprint density at radius 3 is 2.70 bits per heavy atom. The molecule has 2 aromatic rings. The fourth-order valence-electron chi connectivity index (χ4n) is 2.12. The molecule has 0 bridgehead atoms. The number of ether oxygens (including phenoxy) is 1. The van der Waals surface area contributed by atoms with Gasteiger partial charge in [-0.15, -0.1) is 0 Å². The third-order valence-corrected chi connectivity index (χ3v) is 2.95. The molecular formula is C16H22N4O3. The van der Waals surface area contributed by atoms with Crippen molar-refractivity contribution < 1.29 is 14.3 Å². The average Bonchev–Trinajstić information content (AvgIpc) is 2.78. The van der Waals surface area contributed by atoms with E-state index in [1.165, 1.54) is 6.92 Å². The number of alkyl carbamates (subject to hydrolysis) is 1. The van der Waals surface area contributed by atoms with Crippen molar-refractivity contribution in [3.05, 3.63) is 24.4 Å². The minimum atomic E-state index is -0.511. The van der Waals surface area contributed by atoms with Gasteiger partial charge in [-0.05, 0) is 39.0 Å². The summed E-state index contributed by atoms with van der Waals surface area (Å²) in [6.07, 6.45) is 1.29. The van der Waals surface area contributed by atoms with Gasteiger partial charge in [-0.1, -0.05) is 0 Å². The Labute approximate surface area is 135 Å². The SMILES string of the molecule is CC(=O)Nc1ccc2c(cnn2CCNC(=O)OC(C)(C)C)c1. The average molecular weight is 318 g/mol. The molecule has 0 saturated heterocycles. The summed E-state index contributed by atoms with van der Waals surface area (Å²) in [5.74, 6) is -0.113. The first-order valence-corrected chi connectivity index (χ1v) is 7.44. The highest BCUT2D eigenvalue weighted by Crippen LogP contribution is 2.18. The fourth-order valence-corrected chi connectivity index (χ4v) is 2.12. The number of carbonyl (C=O) groups is 2. The van der Waals surface area contributed by atoms with E-state index in [4.69, 9.17) is 4.74 Å². The molecule has 23 heavy (non-hydrogen) atoms. The number of rotatable bonds is 4. The summed E-state index contributed by atoms with van der Waals surface area (Å²) >= 11 is 0. The van der Waals surface area contributed by atoms with Crippen molar-refractivity contribution in [2.45, 2.75) is 39.8 Å². The molecule has 0 aliphatic rings. The van der Waals surface area contributed by atoms with Crippen LogP contribution < -0.4 is 10.6 Å². The van der Waals surface area contributed by atoms with Crippen LogP contribution in [0.2, 0.25) is 0 Å². The predicted octanol–water partition coefficient (Wildman–Crippen LogP) is 2.52. The van der Waals surface area contributed by atoms with Crippen molar-refractivity contribution in [2.75, 3.05) is 11.9 Å². The molecule has 0 fully saturated rings. The lowest BCUT2D eigenvalue weighted by atomic mass is 10.2. The second-order valence-electron chi connectivity index (χ2n) is 6.25. The Balaban J connectivity index is 1.96. The Morgan fingerprint density at radius 2 is 2.04 bits per heavy atom. The van der Waals surface area contributed by atoms with Crippen LogP contribution in [0.3, 0.4) is 0 Å². The topological polar surface area (TPSA) is 85.3 Å². The first-order valence-electron chi connectivity index (χ1n) is 7.44. The van der Waals surface area contributed by atoms with E-state index < -0.39 is 11.7 Å². The summed E-state index contributed by atoms with van der Waals surface area (Å²) in [4.78, 5) is 22.7. The molecule has 0 radical (unpaired) electrons. The standard InChI is InChI=1S/C16H22N4O3/c1-11(21)19-13-5-6-14-12(9-13)10-18-20(14)8-7-17-15(22)23-16(2,3)4/h5-6,9-10H,7-8H2,1-4H3,(H,17,22)(H,19,21). The molecule has 1 aromatic carbocycles. The second kappa shape index (κ2) is 6.68. The minimum absolute atomic E-state index is 0.113. The van der Waals surface area contributed by atoms with Gasteiger partial charge in [0.05, 0.1) is 18.3 Å². The second-order valence-corrected chi connectivity index (χ2v) is 6.25. The quantitative estimate of drug-likeness (QED) is 0.907. The van der Waals surface area contributed by atoms with Crippen LogP contribution in [0, 0.1) is 0 Å². The lowest BCUT2D eigenvalue weighted by Crippen LogP contribution is -2.34. The van der Waals surface area contributed by atoms with Crippen LogP contribution in [-0.4, -0.2) is 33.9 Å². The summed E-state index contributed by atoms with van der Waals surface area (Å²) in [6.45, 7) is 7.87. The molecule has 2 amide bonds. The van der Waals surface area contributed by atoms with Crippen molar-refractivity contribution in [2.24, 2.45) is 0 Å². The normalized spacial score (nSPS) is 11.3. The third kappa shape index (κ3) is 4.98. The van der Waals surface area contributed by atoms with Crippen molar-refractivity contribution in [3.8, 4) is 0 Å². The highest BCUT2D eigenvalue weighted by atomic mass is 16.6. The number of aromatic nitrogens is 2. The molecule has 124 valence electrons. The Hall–Kier alpha value is -2.57. The number of anilines is 1. The van der Waals surface area contributed by atoms with Gasteiger partial charge in [0.25, 0.3) is 0 Å². The largest absolute Gasteiger partial charge is 0.444 e. The monoisotopic (exact) mass is 318 g/mol. The van der Waals surface area contributed by atoms with E-state index in [0.717, 1.165) is 16.6 Å². The first kappa shape index (κ1) is 16.8. The number of carbonyl (C=O) groups excluding carboxylic acids is 2. The number of nitrogens with one attached hydrogen (secondary N) is 2. The van der Waals surface area contributed by atoms with Crippen LogP contribution in [0.25, 0.3) is 10.9 Å². The van der Waals surface area contributed by atoms with Crippen molar-refractivity contribution >= 4 is 28.6 Å². The van der Waals surface area contributed by atoms with E-state index in [1.54, 1.807) is 10.9 Å². The van der Waals surface area contributed by atoms with Crippen LogP contribution in [0.1, 0.15) is 27.7 Å². The lowest BCUT2D eigenvalue weighted by Gasteiger charge is -2.19. The lowest BCUT2D eigenvalue weighted by molar-refractivity contribution is -0.114. The van der Waals surface area contributed by atoms with Gasteiger partial charge in [0.15, 0.2) is 0 Å². The molecule has 0 saturated carbocycles. The molecule has 7 heteroatoms. The van der Waals surface area contributed by atoms with Gasteiger partial charge in [0, 0.05) is 24.5 Å². The highest BCUT2D eigenvalue weighted by Gasteiger charge is 2.15. The minimum Gasteiger partial charge on any atom is -0.444 e. The zero-order valence-corrected chi connectivity index (χ0v) is 13.8. The number of benzene rings is 1. The van der Waals surface area contributed by atoms with E-state index in [9.17, 15) is 9.59 Å². The highest BCUT2D eigenvalue weighted by molar-refractivity contribution is 5.92. The van der Waals surface area contributed by atoms with Crippen molar-refractivity contribution in [1.29, 1.82) is 0 Å². The molecule has 1 aromatic heterocycles. The molecular weight excluding hydrogens is 296 g/mol. The van der Waals surface area contributed by atoms with Gasteiger partial charge >= 0.3 is 6.09 Å². The number of fused-ring (bicyclic) bond motifs is 1. The zero-order chi connectivity index (χ0) is 17.0. The van der Waals surface area contributed by atoms with Crippen LogP contribution in [0.4, 0.5) is 10.5 Å². The molecule has 0 atom stereocenters. The predicted molar refractivity (Wildman–Crippen MR) is 88.3 cm³/mol. The van der Waals surface area contributed by atoms with Gasteiger partial charge in [-0.2, -0.15) is 5.10 Å². The van der Waals surface area contributed by atoms with Crippen molar-refractivity contribution in [1.82, 2.24) is 15.1 Å². The summed E-state index contributed by atoms with van der Waals surface area (Å²) in [5, 5.41) is 10.7. The van der Waals surface area contributed by atoms with Gasteiger partial charge in [-0.25, -0.2) is 4.79 Å². The van der Waals surface area contributed by atoms with Gasteiger partial charge < -0.3 is 15.4 Å². The van der Waals surface area contributed by atoms with Gasteiger partial charge in [0.2, 0.25) is 5.91 Å². The zero-order valence-electron chi connectivity index (χ0n) is 13.8. The smallest absolute Gasteiger partial charge is 0.407 e. The summed E-state index contributed by atoms with van der Waals surface area (Å²) in [5.41, 5.74) is 1.16. The van der Waals surface area contributed by atoms with E-state index in [2.05, 4.69) is 15.7 Å². The molecule has 2 rings (SSSR count). The maximum Gasteiger partial charge on any atom is 0.407 e. The fraction of sp³-hybridized carbons (Fsp3) is 0.438. The number of hydrogen-bond donors (Lipinski definition) is 2. The van der Waals surface area contributed by atoms with E-state index in [1.807, 2.05) is 39.0 Å². The maximum atomic E-state index is 11.6. The molecule has 0 spiro atoms. The molecule has 1 heterocycles. The third-order valence-electron chi connectivity index (χ3n) is 2.95. The molecule has 2 N–H and O–H groups in total. The van der Waals surface area contributed by atoms with Crippen LogP contribution >= 0.6 is 0 Å². The van der Waals surface area contributed by atoms with E-state index in [-0.39, 0.29) is 5.91 Å². The molecule has 0 aliphatic carbocycles. The van der Waals surface area contributed by atoms with Crippen molar-refractivity contribution in [3.63, 3.8) is 0 Å². The molecule has 7 nitrogen and oxygen atoms in total.